The summed E-state index contributed by atoms with van der Waals surface area (Å²) >= 11 is 5.93. The quantitative estimate of drug-likeness (QED) is 0.703. The van der Waals surface area contributed by atoms with Crippen LogP contribution in [-0.2, 0) is 14.8 Å². The van der Waals surface area contributed by atoms with E-state index >= 15 is 0 Å². The molecule has 1 fully saturated rings. The second-order valence-electron chi connectivity index (χ2n) is 4.45. The van der Waals surface area contributed by atoms with Crippen molar-refractivity contribution in [2.45, 2.75) is 24.3 Å². The maximum Gasteiger partial charge on any atom is 0.241 e. The number of carbonyl (C=O) groups excluding carboxylic acids is 1. The Morgan fingerprint density at radius 1 is 1.47 bits per heavy atom. The zero-order valence-corrected chi connectivity index (χ0v) is 11.8. The van der Waals surface area contributed by atoms with Gasteiger partial charge in [-0.25, -0.2) is 13.1 Å². The number of halogens is 1. The Bertz CT molecular complexity index is 607. The van der Waals surface area contributed by atoms with Gasteiger partial charge in [0, 0.05) is 29.7 Å². The largest absolute Gasteiger partial charge is 0.398 e. The van der Waals surface area contributed by atoms with Gasteiger partial charge in [-0.2, -0.15) is 0 Å². The van der Waals surface area contributed by atoms with E-state index in [1.54, 1.807) is 6.92 Å². The van der Waals surface area contributed by atoms with Crippen LogP contribution in [0, 0.1) is 6.92 Å². The van der Waals surface area contributed by atoms with E-state index in [0.717, 1.165) is 0 Å². The average Bonchev–Trinajstić information content (AvgIpc) is 2.70. The van der Waals surface area contributed by atoms with Crippen LogP contribution >= 0.6 is 11.6 Å². The molecule has 1 amide bonds. The average molecular weight is 304 g/mol. The van der Waals surface area contributed by atoms with Gasteiger partial charge < -0.3 is 11.1 Å². The molecule has 1 aromatic rings. The molecule has 1 atom stereocenters. The summed E-state index contributed by atoms with van der Waals surface area (Å²) in [6.45, 7) is 1.99. The molecule has 0 radical (unpaired) electrons. The van der Waals surface area contributed by atoms with Gasteiger partial charge in [0.15, 0.2) is 0 Å². The maximum atomic E-state index is 12.1. The van der Waals surface area contributed by atoms with E-state index in [1.807, 2.05) is 0 Å². The van der Waals surface area contributed by atoms with Crippen molar-refractivity contribution in [2.24, 2.45) is 0 Å². The lowest BCUT2D eigenvalue weighted by atomic mass is 10.2. The number of anilines is 1. The molecule has 1 aliphatic rings. The fourth-order valence-corrected chi connectivity index (χ4v) is 3.39. The summed E-state index contributed by atoms with van der Waals surface area (Å²) in [4.78, 5) is 11.0. The molecule has 6 nitrogen and oxygen atoms in total. The van der Waals surface area contributed by atoms with Gasteiger partial charge >= 0.3 is 0 Å². The first-order chi connectivity index (χ1) is 8.79. The molecular weight excluding hydrogens is 290 g/mol. The fourth-order valence-electron chi connectivity index (χ4n) is 1.81. The monoisotopic (exact) mass is 303 g/mol. The molecule has 0 saturated carbocycles. The molecule has 1 aromatic carbocycles. The predicted molar refractivity (Wildman–Crippen MR) is 72.3 cm³/mol. The van der Waals surface area contributed by atoms with Crippen LogP contribution in [0.1, 0.15) is 12.0 Å². The second-order valence-corrected chi connectivity index (χ2v) is 6.57. The Morgan fingerprint density at radius 2 is 2.16 bits per heavy atom. The van der Waals surface area contributed by atoms with E-state index in [-0.39, 0.29) is 23.8 Å². The number of hydrogen-bond acceptors (Lipinski definition) is 4. The van der Waals surface area contributed by atoms with Crippen molar-refractivity contribution < 1.29 is 13.2 Å². The molecule has 1 heterocycles. The van der Waals surface area contributed by atoms with Crippen LogP contribution < -0.4 is 15.8 Å². The zero-order valence-electron chi connectivity index (χ0n) is 10.2. The molecule has 2 rings (SSSR count). The van der Waals surface area contributed by atoms with Crippen LogP contribution in [0.15, 0.2) is 17.0 Å². The third-order valence-corrected chi connectivity index (χ3v) is 4.86. The van der Waals surface area contributed by atoms with Crippen molar-refractivity contribution in [3.05, 3.63) is 22.7 Å². The summed E-state index contributed by atoms with van der Waals surface area (Å²) in [7, 11) is -3.74. The SMILES string of the molecule is Cc1c(N)cc(S(=O)(=O)NC2CNC(=O)C2)cc1Cl. The summed E-state index contributed by atoms with van der Waals surface area (Å²) < 4.78 is 26.7. The first kappa shape index (κ1) is 14.1. The minimum atomic E-state index is -3.74. The van der Waals surface area contributed by atoms with Gasteiger partial charge in [-0.15, -0.1) is 0 Å². The fraction of sp³-hybridized carbons (Fsp3) is 0.364. The van der Waals surface area contributed by atoms with Crippen LogP contribution in [0.4, 0.5) is 5.69 Å². The molecule has 0 bridgehead atoms. The van der Waals surface area contributed by atoms with E-state index in [9.17, 15) is 13.2 Å². The Morgan fingerprint density at radius 3 is 2.68 bits per heavy atom. The highest BCUT2D eigenvalue weighted by molar-refractivity contribution is 7.89. The number of hydrogen-bond donors (Lipinski definition) is 3. The Labute approximate surface area is 116 Å². The molecular formula is C11H14ClN3O3S. The number of carbonyl (C=O) groups is 1. The number of sulfonamides is 1. The maximum absolute atomic E-state index is 12.1. The van der Waals surface area contributed by atoms with E-state index < -0.39 is 16.1 Å². The second kappa shape index (κ2) is 4.99. The molecule has 0 aromatic heterocycles. The first-order valence-electron chi connectivity index (χ1n) is 5.64. The standard InChI is InChI=1S/C11H14ClN3O3S/c1-6-9(12)3-8(4-10(6)13)19(17,18)15-7-2-11(16)14-5-7/h3-4,7,15H,2,5,13H2,1H3,(H,14,16). The van der Waals surface area contributed by atoms with Crippen molar-refractivity contribution in [1.82, 2.24) is 10.0 Å². The lowest BCUT2D eigenvalue weighted by Gasteiger charge is -2.13. The summed E-state index contributed by atoms with van der Waals surface area (Å²) in [5, 5.41) is 2.85. The summed E-state index contributed by atoms with van der Waals surface area (Å²) in [6.07, 6.45) is 0.133. The topological polar surface area (TPSA) is 101 Å². The van der Waals surface area contributed by atoms with Crippen LogP contribution in [0.2, 0.25) is 5.02 Å². The number of nitrogens with two attached hydrogens (primary N) is 1. The Hall–Kier alpha value is -1.31. The lowest BCUT2D eigenvalue weighted by Crippen LogP contribution is -2.36. The zero-order chi connectivity index (χ0) is 14.2. The first-order valence-corrected chi connectivity index (χ1v) is 7.50. The number of nitrogens with one attached hydrogen (secondary N) is 2. The Balaban J connectivity index is 2.27. The van der Waals surface area contributed by atoms with Gasteiger partial charge in [-0.3, -0.25) is 4.79 Å². The van der Waals surface area contributed by atoms with Crippen molar-refractivity contribution in [3.63, 3.8) is 0 Å². The summed E-state index contributed by atoms with van der Waals surface area (Å²) in [5.41, 5.74) is 6.66. The number of rotatable bonds is 3. The highest BCUT2D eigenvalue weighted by Crippen LogP contribution is 2.26. The minimum absolute atomic E-state index is 0.0000472. The van der Waals surface area contributed by atoms with Gasteiger partial charge in [-0.1, -0.05) is 11.6 Å². The molecule has 19 heavy (non-hydrogen) atoms. The van der Waals surface area contributed by atoms with Crippen molar-refractivity contribution >= 4 is 33.2 Å². The summed E-state index contributed by atoms with van der Waals surface area (Å²) in [5.74, 6) is -0.172. The third kappa shape index (κ3) is 2.99. The van der Waals surface area contributed by atoms with Gasteiger partial charge in [0.25, 0.3) is 0 Å². The van der Waals surface area contributed by atoms with Gasteiger partial charge in [-0.05, 0) is 24.6 Å². The van der Waals surface area contributed by atoms with Crippen LogP contribution in [0.5, 0.6) is 0 Å². The van der Waals surface area contributed by atoms with E-state index in [0.29, 0.717) is 16.3 Å². The predicted octanol–water partition coefficient (Wildman–Crippen LogP) is 0.397. The van der Waals surface area contributed by atoms with E-state index in [2.05, 4.69) is 10.0 Å². The number of benzene rings is 1. The molecule has 8 heteroatoms. The normalized spacial score (nSPS) is 19.5. The van der Waals surface area contributed by atoms with Crippen molar-refractivity contribution in [1.29, 1.82) is 0 Å². The van der Waals surface area contributed by atoms with Gasteiger partial charge in [0.2, 0.25) is 15.9 Å². The molecule has 0 spiro atoms. The third-order valence-electron chi connectivity index (χ3n) is 2.97. The molecule has 1 saturated heterocycles. The van der Waals surface area contributed by atoms with Crippen LogP contribution in [0.25, 0.3) is 0 Å². The highest BCUT2D eigenvalue weighted by Gasteiger charge is 2.27. The molecule has 4 N–H and O–H groups in total. The van der Waals surface area contributed by atoms with E-state index in [4.69, 9.17) is 17.3 Å². The van der Waals surface area contributed by atoms with Gasteiger partial charge in [0.05, 0.1) is 4.90 Å². The lowest BCUT2D eigenvalue weighted by molar-refractivity contribution is -0.119. The highest BCUT2D eigenvalue weighted by atomic mass is 35.5. The van der Waals surface area contributed by atoms with Crippen LogP contribution in [0.3, 0.4) is 0 Å². The van der Waals surface area contributed by atoms with Crippen molar-refractivity contribution in [2.75, 3.05) is 12.3 Å². The number of nitrogen functional groups attached to an aromatic ring is 1. The molecule has 0 aliphatic carbocycles. The minimum Gasteiger partial charge on any atom is -0.398 e. The van der Waals surface area contributed by atoms with Crippen LogP contribution in [-0.4, -0.2) is 26.9 Å². The smallest absolute Gasteiger partial charge is 0.241 e. The van der Waals surface area contributed by atoms with Gasteiger partial charge in [0.1, 0.15) is 0 Å². The summed E-state index contributed by atoms with van der Waals surface area (Å²) in [6, 6.07) is 2.26. The molecule has 1 unspecified atom stereocenters. The Kier molecular flexibility index (Phi) is 3.71. The molecule has 104 valence electrons. The number of amides is 1. The van der Waals surface area contributed by atoms with E-state index in [1.165, 1.54) is 12.1 Å². The van der Waals surface area contributed by atoms with Crippen molar-refractivity contribution in [3.8, 4) is 0 Å². The molecule has 1 aliphatic heterocycles.